The number of aliphatic hydroxyl groups excluding tert-OH is 3. The quantitative estimate of drug-likeness (QED) is 0.434. The van der Waals surface area contributed by atoms with Crippen molar-refractivity contribution in [3.05, 3.63) is 0 Å². The lowest BCUT2D eigenvalue weighted by Gasteiger charge is -2.28. The van der Waals surface area contributed by atoms with E-state index in [1.54, 1.807) is 0 Å². The van der Waals surface area contributed by atoms with Crippen molar-refractivity contribution in [3.8, 4) is 0 Å². The number of carbonyl (C=O) groups is 1. The van der Waals surface area contributed by atoms with Gasteiger partial charge in [0, 0.05) is 0 Å². The Bertz CT molecular complexity index is 221. The minimum atomic E-state index is -1.63. The third-order valence-electron chi connectivity index (χ3n) is 2.73. The fraction of sp³-hybridized carbons (Fsp3) is 0.889. The van der Waals surface area contributed by atoms with Crippen LogP contribution in [-0.4, -0.2) is 50.6 Å². The molecule has 0 aromatic carbocycles. The molecule has 82 valence electrons. The van der Waals surface area contributed by atoms with Crippen molar-refractivity contribution >= 4 is 5.78 Å². The molecule has 4 N–H and O–H groups in total. The van der Waals surface area contributed by atoms with Crippen LogP contribution in [0.3, 0.4) is 0 Å². The predicted molar refractivity (Wildman–Crippen MR) is 47.5 cm³/mol. The van der Waals surface area contributed by atoms with Crippen LogP contribution in [0, 0.1) is 5.92 Å². The summed E-state index contributed by atoms with van der Waals surface area (Å²) in [6.45, 7) is 0.633. The van der Waals surface area contributed by atoms with Crippen molar-refractivity contribution in [1.29, 1.82) is 0 Å². The third kappa shape index (κ3) is 2.12. The van der Waals surface area contributed by atoms with Crippen LogP contribution in [0.25, 0.3) is 0 Å². The molecule has 5 heteroatoms. The Morgan fingerprint density at radius 1 is 1.50 bits per heavy atom. The second kappa shape index (κ2) is 3.94. The van der Waals surface area contributed by atoms with Gasteiger partial charge in [-0.2, -0.15) is 0 Å². The van der Waals surface area contributed by atoms with E-state index in [-0.39, 0.29) is 5.92 Å². The van der Waals surface area contributed by atoms with Gasteiger partial charge in [0.25, 0.3) is 0 Å². The average molecular weight is 204 g/mol. The Kier molecular flexibility index (Phi) is 3.26. The van der Waals surface area contributed by atoms with E-state index in [9.17, 15) is 15.0 Å². The molecule has 0 aromatic heterocycles. The topological polar surface area (TPSA) is 98.0 Å². The molecule has 0 saturated heterocycles. The number of carbonyl (C=O) groups excluding carboxylic acids is 1. The van der Waals surface area contributed by atoms with E-state index < -0.39 is 30.2 Å². The highest BCUT2D eigenvalue weighted by Gasteiger charge is 2.48. The van der Waals surface area contributed by atoms with Gasteiger partial charge in [-0.25, -0.2) is 0 Å². The van der Waals surface area contributed by atoms with Crippen LogP contribution < -0.4 is 0 Å². The lowest BCUT2D eigenvalue weighted by atomic mass is 9.89. The normalized spacial score (nSPS) is 25.2. The summed E-state index contributed by atoms with van der Waals surface area (Å²) >= 11 is 0. The van der Waals surface area contributed by atoms with Crippen LogP contribution in [0.5, 0.6) is 0 Å². The Labute approximate surface area is 82.0 Å². The number of rotatable bonds is 5. The van der Waals surface area contributed by atoms with Crippen molar-refractivity contribution in [1.82, 2.24) is 0 Å². The summed E-state index contributed by atoms with van der Waals surface area (Å²) in [4.78, 5) is 11.2. The molecule has 14 heavy (non-hydrogen) atoms. The zero-order valence-electron chi connectivity index (χ0n) is 8.05. The summed E-state index contributed by atoms with van der Waals surface area (Å²) < 4.78 is 0. The SMILES string of the molecule is C[C@](O)(C1CC1)[C@H](O)C(=O)[C@@H](O)CO. The summed E-state index contributed by atoms with van der Waals surface area (Å²) in [5, 5.41) is 36.8. The number of aliphatic hydroxyl groups is 4. The number of ketones is 1. The molecule has 1 fully saturated rings. The number of Topliss-reactive ketones (excluding diaryl/α,β-unsaturated/α-hetero) is 1. The van der Waals surface area contributed by atoms with Crippen LogP contribution in [0.15, 0.2) is 0 Å². The van der Waals surface area contributed by atoms with Crippen molar-refractivity contribution in [2.75, 3.05) is 6.61 Å². The molecule has 0 aliphatic heterocycles. The first-order chi connectivity index (χ1) is 6.41. The maximum atomic E-state index is 11.2. The summed E-state index contributed by atoms with van der Waals surface area (Å²) in [5.41, 5.74) is -1.49. The minimum Gasteiger partial charge on any atom is -0.393 e. The van der Waals surface area contributed by atoms with Crippen LogP contribution in [0.4, 0.5) is 0 Å². The Hall–Kier alpha value is -0.490. The lowest BCUT2D eigenvalue weighted by molar-refractivity contribution is -0.154. The Balaban J connectivity index is 2.63. The molecule has 0 aromatic rings. The monoisotopic (exact) mass is 204 g/mol. The smallest absolute Gasteiger partial charge is 0.194 e. The standard InChI is InChI=1S/C9H16O5/c1-9(14,5-2-3-5)8(13)7(12)6(11)4-10/h5-6,8,10-11,13-14H,2-4H2,1H3/t6-,8+,9-/m0/s1. The van der Waals surface area contributed by atoms with E-state index in [0.29, 0.717) is 0 Å². The molecule has 0 heterocycles. The highest BCUT2D eigenvalue weighted by Crippen LogP contribution is 2.41. The van der Waals surface area contributed by atoms with E-state index in [2.05, 4.69) is 0 Å². The maximum Gasteiger partial charge on any atom is 0.194 e. The molecule has 1 aliphatic rings. The molecular formula is C9H16O5. The van der Waals surface area contributed by atoms with Gasteiger partial charge in [-0.05, 0) is 25.7 Å². The van der Waals surface area contributed by atoms with Gasteiger partial charge in [0.2, 0.25) is 0 Å². The van der Waals surface area contributed by atoms with Gasteiger partial charge in [0.1, 0.15) is 12.2 Å². The first kappa shape index (κ1) is 11.6. The summed E-state index contributed by atoms with van der Waals surface area (Å²) in [6.07, 6.45) is -1.70. The van der Waals surface area contributed by atoms with E-state index in [1.807, 2.05) is 0 Å². The molecule has 0 bridgehead atoms. The van der Waals surface area contributed by atoms with Crippen LogP contribution in [0.1, 0.15) is 19.8 Å². The van der Waals surface area contributed by atoms with Crippen LogP contribution in [-0.2, 0) is 4.79 Å². The molecule has 0 amide bonds. The number of hydrogen-bond donors (Lipinski definition) is 4. The Morgan fingerprint density at radius 2 is 2.00 bits per heavy atom. The molecule has 3 atom stereocenters. The molecule has 0 unspecified atom stereocenters. The zero-order valence-corrected chi connectivity index (χ0v) is 8.05. The highest BCUT2D eigenvalue weighted by atomic mass is 16.4. The summed E-state index contributed by atoms with van der Waals surface area (Å²) in [5.74, 6) is -1.02. The van der Waals surface area contributed by atoms with Gasteiger partial charge in [-0.1, -0.05) is 0 Å². The van der Waals surface area contributed by atoms with E-state index >= 15 is 0 Å². The van der Waals surface area contributed by atoms with Gasteiger partial charge in [0.15, 0.2) is 5.78 Å². The first-order valence-corrected chi connectivity index (χ1v) is 4.64. The van der Waals surface area contributed by atoms with Gasteiger partial charge in [-0.15, -0.1) is 0 Å². The molecule has 1 saturated carbocycles. The van der Waals surface area contributed by atoms with Gasteiger partial charge in [-0.3, -0.25) is 4.79 Å². The summed E-state index contributed by atoms with van der Waals surface area (Å²) in [7, 11) is 0. The molecular weight excluding hydrogens is 188 g/mol. The van der Waals surface area contributed by atoms with Crippen LogP contribution >= 0.6 is 0 Å². The maximum absolute atomic E-state index is 11.2. The fourth-order valence-corrected chi connectivity index (χ4v) is 1.45. The molecule has 5 nitrogen and oxygen atoms in total. The van der Waals surface area contributed by atoms with E-state index in [1.165, 1.54) is 6.92 Å². The predicted octanol–water partition coefficient (Wildman–Crippen LogP) is -1.57. The van der Waals surface area contributed by atoms with Gasteiger partial charge >= 0.3 is 0 Å². The van der Waals surface area contributed by atoms with Crippen LogP contribution in [0.2, 0.25) is 0 Å². The van der Waals surface area contributed by atoms with Crippen molar-refractivity contribution in [3.63, 3.8) is 0 Å². The second-order valence-corrected chi connectivity index (χ2v) is 4.00. The molecule has 1 rings (SSSR count). The second-order valence-electron chi connectivity index (χ2n) is 4.00. The van der Waals surface area contributed by atoms with Gasteiger partial charge < -0.3 is 20.4 Å². The van der Waals surface area contributed by atoms with E-state index in [4.69, 9.17) is 10.2 Å². The fourth-order valence-electron chi connectivity index (χ4n) is 1.45. The third-order valence-corrected chi connectivity index (χ3v) is 2.73. The highest BCUT2D eigenvalue weighted by molar-refractivity contribution is 5.88. The Morgan fingerprint density at radius 3 is 2.36 bits per heavy atom. The largest absolute Gasteiger partial charge is 0.393 e. The molecule has 1 aliphatic carbocycles. The van der Waals surface area contributed by atoms with E-state index in [0.717, 1.165) is 12.8 Å². The van der Waals surface area contributed by atoms with Crippen molar-refractivity contribution in [2.24, 2.45) is 5.92 Å². The first-order valence-electron chi connectivity index (χ1n) is 4.64. The zero-order chi connectivity index (χ0) is 10.9. The van der Waals surface area contributed by atoms with Crippen molar-refractivity contribution in [2.45, 2.75) is 37.6 Å². The molecule has 0 radical (unpaired) electrons. The van der Waals surface area contributed by atoms with Crippen molar-refractivity contribution < 1.29 is 25.2 Å². The minimum absolute atomic E-state index is 0.0904. The lowest BCUT2D eigenvalue weighted by Crippen LogP contribution is -2.50. The molecule has 0 spiro atoms. The van der Waals surface area contributed by atoms with Gasteiger partial charge in [0.05, 0.1) is 12.2 Å². The summed E-state index contributed by atoms with van der Waals surface area (Å²) in [6, 6.07) is 0. The number of hydrogen-bond acceptors (Lipinski definition) is 5. The average Bonchev–Trinajstić information content (AvgIpc) is 2.97.